The van der Waals surface area contributed by atoms with Gasteiger partial charge in [0.2, 0.25) is 0 Å². The molecule has 0 spiro atoms. The monoisotopic (exact) mass is 278 g/mol. The maximum Gasteiger partial charge on any atom is 0.173 e. The molecule has 0 aromatic heterocycles. The second-order valence-corrected chi connectivity index (χ2v) is 5.66. The molecule has 0 amide bonds. The summed E-state index contributed by atoms with van der Waals surface area (Å²) in [5.41, 5.74) is 3.07. The smallest absolute Gasteiger partial charge is 0.173 e. The number of hydrogen-bond acceptors (Lipinski definition) is 2. The lowest BCUT2D eigenvalue weighted by atomic mass is 9.80. The lowest BCUT2D eigenvalue weighted by molar-refractivity contribution is -0.119. The van der Waals surface area contributed by atoms with E-state index in [0.29, 0.717) is 5.56 Å². The molecule has 106 valence electrons. The third kappa shape index (κ3) is 2.54. The first-order valence-electron chi connectivity index (χ1n) is 7.36. The Balaban J connectivity index is 1.97. The zero-order chi connectivity index (χ0) is 14.8. The van der Waals surface area contributed by atoms with E-state index in [-0.39, 0.29) is 17.5 Å². The van der Waals surface area contributed by atoms with Crippen molar-refractivity contribution < 1.29 is 9.59 Å². The van der Waals surface area contributed by atoms with Crippen LogP contribution in [0.5, 0.6) is 0 Å². The molecule has 1 aliphatic carbocycles. The summed E-state index contributed by atoms with van der Waals surface area (Å²) >= 11 is 0. The van der Waals surface area contributed by atoms with E-state index in [1.54, 1.807) is 12.1 Å². The van der Waals surface area contributed by atoms with E-state index in [9.17, 15) is 9.59 Å². The van der Waals surface area contributed by atoms with Gasteiger partial charge in [-0.25, -0.2) is 0 Å². The van der Waals surface area contributed by atoms with E-state index in [2.05, 4.69) is 12.1 Å². The lowest BCUT2D eigenvalue weighted by Gasteiger charge is -2.21. The van der Waals surface area contributed by atoms with Crippen molar-refractivity contribution in [3.05, 3.63) is 71.3 Å². The molecule has 0 fully saturated rings. The normalized spacial score (nSPS) is 18.0. The summed E-state index contributed by atoms with van der Waals surface area (Å²) in [6.45, 7) is 1.53. The predicted octanol–water partition coefficient (Wildman–Crippen LogP) is 3.80. The topological polar surface area (TPSA) is 34.1 Å². The van der Waals surface area contributed by atoms with Gasteiger partial charge < -0.3 is 0 Å². The number of carbonyl (C=O) groups excluding carboxylic acids is 2. The fourth-order valence-electron chi connectivity index (χ4n) is 3.37. The van der Waals surface area contributed by atoms with Gasteiger partial charge in [0.15, 0.2) is 5.78 Å². The number of Topliss-reactive ketones (excluding diaryl/α,β-unsaturated/α-hetero) is 2. The van der Waals surface area contributed by atoms with Crippen LogP contribution >= 0.6 is 0 Å². The summed E-state index contributed by atoms with van der Waals surface area (Å²) in [4.78, 5) is 24.9. The molecule has 0 saturated carbocycles. The highest BCUT2D eigenvalue weighted by Gasteiger charge is 2.37. The summed E-state index contributed by atoms with van der Waals surface area (Å²) in [6.07, 6.45) is 1.83. The molecular weight excluding hydrogens is 260 g/mol. The Morgan fingerprint density at radius 1 is 1.00 bits per heavy atom. The number of aryl methyl sites for hydroxylation is 1. The first-order valence-corrected chi connectivity index (χ1v) is 7.36. The molecule has 0 heterocycles. The van der Waals surface area contributed by atoms with Gasteiger partial charge in [-0.15, -0.1) is 0 Å². The highest BCUT2D eigenvalue weighted by Crippen LogP contribution is 2.39. The fourth-order valence-corrected chi connectivity index (χ4v) is 3.37. The molecule has 2 unspecified atom stereocenters. The Bertz CT molecular complexity index is 673. The molecular formula is C19H18O2. The van der Waals surface area contributed by atoms with Crippen LogP contribution in [-0.4, -0.2) is 11.6 Å². The zero-order valence-electron chi connectivity index (χ0n) is 12.1. The number of fused-ring (bicyclic) bond motifs is 1. The Labute approximate surface area is 124 Å². The molecule has 2 atom stereocenters. The molecule has 2 heteroatoms. The molecule has 2 aromatic carbocycles. The van der Waals surface area contributed by atoms with Crippen molar-refractivity contribution in [1.29, 1.82) is 0 Å². The number of rotatable bonds is 4. The summed E-state index contributed by atoms with van der Waals surface area (Å²) in [5.74, 6) is -0.627. The third-order valence-corrected chi connectivity index (χ3v) is 4.36. The van der Waals surface area contributed by atoms with E-state index in [4.69, 9.17) is 0 Å². The van der Waals surface area contributed by atoms with Crippen LogP contribution in [-0.2, 0) is 11.2 Å². The van der Waals surface area contributed by atoms with Crippen LogP contribution in [0.4, 0.5) is 0 Å². The lowest BCUT2D eigenvalue weighted by Crippen LogP contribution is -2.28. The number of hydrogen-bond donors (Lipinski definition) is 0. The highest BCUT2D eigenvalue weighted by atomic mass is 16.1. The van der Waals surface area contributed by atoms with Gasteiger partial charge in [0.1, 0.15) is 5.78 Å². The van der Waals surface area contributed by atoms with Crippen LogP contribution in [0.1, 0.15) is 40.7 Å². The minimum atomic E-state index is -0.559. The van der Waals surface area contributed by atoms with Gasteiger partial charge >= 0.3 is 0 Å². The van der Waals surface area contributed by atoms with Gasteiger partial charge in [-0.05, 0) is 30.9 Å². The van der Waals surface area contributed by atoms with Crippen molar-refractivity contribution >= 4 is 11.6 Å². The number of benzene rings is 2. The molecule has 0 bridgehead atoms. The van der Waals surface area contributed by atoms with Crippen LogP contribution in [0.2, 0.25) is 0 Å². The van der Waals surface area contributed by atoms with Gasteiger partial charge in [-0.1, -0.05) is 54.6 Å². The average molecular weight is 278 g/mol. The number of carbonyl (C=O) groups is 2. The summed E-state index contributed by atoms with van der Waals surface area (Å²) in [6, 6.07) is 17.3. The first kappa shape index (κ1) is 13.7. The van der Waals surface area contributed by atoms with E-state index >= 15 is 0 Å². The van der Waals surface area contributed by atoms with Crippen LogP contribution in [0, 0.1) is 5.92 Å². The molecule has 0 radical (unpaired) electrons. The van der Waals surface area contributed by atoms with E-state index in [0.717, 1.165) is 12.8 Å². The Kier molecular flexibility index (Phi) is 3.70. The SMILES string of the molecule is CC(=O)C(C(=O)c1ccccc1)C1CCc2ccccc21. The van der Waals surface area contributed by atoms with Gasteiger partial charge in [-0.2, -0.15) is 0 Å². The first-order chi connectivity index (χ1) is 10.2. The van der Waals surface area contributed by atoms with Crippen molar-refractivity contribution in [1.82, 2.24) is 0 Å². The van der Waals surface area contributed by atoms with Crippen molar-refractivity contribution in [3.63, 3.8) is 0 Å². The maximum absolute atomic E-state index is 12.8. The molecule has 0 N–H and O–H groups in total. The highest BCUT2D eigenvalue weighted by molar-refractivity contribution is 6.10. The van der Waals surface area contributed by atoms with Gasteiger partial charge in [-0.3, -0.25) is 9.59 Å². The molecule has 21 heavy (non-hydrogen) atoms. The van der Waals surface area contributed by atoms with Crippen molar-refractivity contribution in [2.75, 3.05) is 0 Å². The van der Waals surface area contributed by atoms with E-state index in [1.807, 2.05) is 30.3 Å². The van der Waals surface area contributed by atoms with Gasteiger partial charge in [0.05, 0.1) is 5.92 Å². The Hall–Kier alpha value is -2.22. The molecule has 3 rings (SSSR count). The second-order valence-electron chi connectivity index (χ2n) is 5.66. The average Bonchev–Trinajstić information content (AvgIpc) is 2.92. The maximum atomic E-state index is 12.8. The number of ketones is 2. The molecule has 2 aromatic rings. The summed E-state index contributed by atoms with van der Waals surface area (Å²) in [7, 11) is 0. The zero-order valence-corrected chi connectivity index (χ0v) is 12.1. The largest absolute Gasteiger partial charge is 0.299 e. The quantitative estimate of drug-likeness (QED) is 0.629. The molecule has 1 aliphatic rings. The van der Waals surface area contributed by atoms with Crippen LogP contribution in [0.3, 0.4) is 0 Å². The van der Waals surface area contributed by atoms with Crippen molar-refractivity contribution in [2.24, 2.45) is 5.92 Å². The predicted molar refractivity (Wildman–Crippen MR) is 82.4 cm³/mol. The Morgan fingerprint density at radius 2 is 1.67 bits per heavy atom. The molecule has 2 nitrogen and oxygen atoms in total. The van der Waals surface area contributed by atoms with E-state index < -0.39 is 5.92 Å². The molecule has 0 saturated heterocycles. The molecule has 0 aliphatic heterocycles. The van der Waals surface area contributed by atoms with Crippen molar-refractivity contribution in [2.45, 2.75) is 25.7 Å². The minimum Gasteiger partial charge on any atom is -0.299 e. The summed E-state index contributed by atoms with van der Waals surface area (Å²) in [5, 5.41) is 0. The third-order valence-electron chi connectivity index (χ3n) is 4.36. The van der Waals surface area contributed by atoms with Gasteiger partial charge in [0.25, 0.3) is 0 Å². The van der Waals surface area contributed by atoms with Crippen LogP contribution in [0.15, 0.2) is 54.6 Å². The fraction of sp³-hybridized carbons (Fsp3) is 0.263. The van der Waals surface area contributed by atoms with Crippen molar-refractivity contribution in [3.8, 4) is 0 Å². The van der Waals surface area contributed by atoms with Crippen LogP contribution < -0.4 is 0 Å². The van der Waals surface area contributed by atoms with Gasteiger partial charge in [0, 0.05) is 11.5 Å². The minimum absolute atomic E-state index is 0.0198. The second kappa shape index (κ2) is 5.65. The summed E-state index contributed by atoms with van der Waals surface area (Å²) < 4.78 is 0. The standard InChI is InChI=1S/C19H18O2/c1-13(20)18(19(21)15-8-3-2-4-9-15)17-12-11-14-7-5-6-10-16(14)17/h2-10,17-18H,11-12H2,1H3. The Morgan fingerprint density at radius 3 is 2.38 bits per heavy atom. The van der Waals surface area contributed by atoms with E-state index in [1.165, 1.54) is 18.1 Å². The van der Waals surface area contributed by atoms with Crippen LogP contribution in [0.25, 0.3) is 0 Å².